The van der Waals surface area contributed by atoms with Gasteiger partial charge in [-0.25, -0.2) is 0 Å². The van der Waals surface area contributed by atoms with Gasteiger partial charge in [-0.05, 0) is 24.2 Å². The van der Waals surface area contributed by atoms with Crippen LogP contribution in [0.4, 0.5) is 0 Å². The second-order valence-electron chi connectivity index (χ2n) is 4.98. The lowest BCUT2D eigenvalue weighted by molar-refractivity contribution is 0.318. The third-order valence-corrected chi connectivity index (χ3v) is 3.37. The predicted molar refractivity (Wildman–Crippen MR) is 86.1 cm³/mol. The quantitative estimate of drug-likeness (QED) is 0.622. The Morgan fingerprint density at radius 2 is 1.61 bits per heavy atom. The van der Waals surface area contributed by atoms with Gasteiger partial charge in [-0.3, -0.25) is 4.90 Å². The number of hydrogen-bond acceptors (Lipinski definition) is 1. The highest BCUT2D eigenvalue weighted by molar-refractivity contribution is 4.89. The van der Waals surface area contributed by atoms with Gasteiger partial charge in [0.15, 0.2) is 0 Å². The van der Waals surface area contributed by atoms with E-state index in [2.05, 4.69) is 44.7 Å². The fourth-order valence-corrected chi connectivity index (χ4v) is 2.50. The molecule has 0 bridgehead atoms. The van der Waals surface area contributed by atoms with Crippen molar-refractivity contribution in [2.45, 2.75) is 61.8 Å². The van der Waals surface area contributed by atoms with E-state index < -0.39 is 0 Å². The van der Waals surface area contributed by atoms with Crippen LogP contribution in [0, 0.1) is 17.8 Å². The molecule has 0 aromatic heterocycles. The van der Waals surface area contributed by atoms with Gasteiger partial charge < -0.3 is 0 Å². The molecule has 0 radical (unpaired) electrons. The Morgan fingerprint density at radius 3 is 2.00 bits per heavy atom. The fraction of sp³-hybridized carbons (Fsp3) is 0.882. The largest absolute Gasteiger partial charge is 0.299 e. The van der Waals surface area contributed by atoms with Crippen LogP contribution in [-0.4, -0.2) is 24.5 Å². The highest BCUT2D eigenvalue weighted by atomic mass is 15.1. The Labute approximate surface area is 117 Å². The minimum Gasteiger partial charge on any atom is -0.299 e. The molecule has 0 saturated carbocycles. The summed E-state index contributed by atoms with van der Waals surface area (Å²) in [7, 11) is 0. The van der Waals surface area contributed by atoms with E-state index in [0.717, 1.165) is 30.7 Å². The molecule has 1 nitrogen and oxygen atoms in total. The first-order valence-corrected chi connectivity index (χ1v) is 8.02. The van der Waals surface area contributed by atoms with Crippen LogP contribution in [-0.2, 0) is 0 Å². The lowest BCUT2D eigenvalue weighted by Crippen LogP contribution is -2.21. The Hall–Kier alpha value is -0.300. The molecule has 2 atom stereocenters. The van der Waals surface area contributed by atoms with Crippen LogP contribution in [0.15, 0.2) is 12.2 Å². The molecular weight excluding hydrogens is 218 g/mol. The second kappa shape index (κ2) is 13.1. The van der Waals surface area contributed by atoms with Gasteiger partial charge in [0, 0.05) is 19.6 Å². The smallest absolute Gasteiger partial charge is 0.0163 e. The third-order valence-electron chi connectivity index (χ3n) is 3.37. The average molecular weight is 255 g/mol. The molecule has 0 spiro atoms. The molecule has 1 fully saturated rings. The van der Waals surface area contributed by atoms with E-state index in [4.69, 9.17) is 0 Å². The maximum atomic E-state index is 2.58. The zero-order valence-corrected chi connectivity index (χ0v) is 14.2. The second-order valence-corrected chi connectivity index (χ2v) is 4.98. The van der Waals surface area contributed by atoms with Crippen molar-refractivity contribution >= 4 is 0 Å². The summed E-state index contributed by atoms with van der Waals surface area (Å²) in [5, 5.41) is 0. The highest BCUT2D eigenvalue weighted by Gasteiger charge is 2.30. The van der Waals surface area contributed by atoms with Gasteiger partial charge >= 0.3 is 0 Å². The SMILES string of the molecule is CC.CC.CC/C=C/CN1CC(C(C)C)[C@@H](C)C1. The molecule has 18 heavy (non-hydrogen) atoms. The Morgan fingerprint density at radius 1 is 1.06 bits per heavy atom. The number of rotatable bonds is 4. The molecule has 0 aliphatic carbocycles. The topological polar surface area (TPSA) is 3.24 Å². The highest BCUT2D eigenvalue weighted by Crippen LogP contribution is 2.28. The van der Waals surface area contributed by atoms with Crippen molar-refractivity contribution in [3.63, 3.8) is 0 Å². The van der Waals surface area contributed by atoms with E-state index in [1.54, 1.807) is 0 Å². The van der Waals surface area contributed by atoms with E-state index >= 15 is 0 Å². The first kappa shape index (κ1) is 20.0. The normalized spacial score (nSPS) is 23.6. The summed E-state index contributed by atoms with van der Waals surface area (Å²) >= 11 is 0. The number of likely N-dealkylation sites (tertiary alicyclic amines) is 1. The summed E-state index contributed by atoms with van der Waals surface area (Å²) < 4.78 is 0. The number of hydrogen-bond donors (Lipinski definition) is 0. The molecule has 0 aromatic carbocycles. The lowest BCUT2D eigenvalue weighted by Gasteiger charge is -2.18. The molecule has 0 aromatic rings. The molecule has 1 aliphatic rings. The molecule has 1 rings (SSSR count). The number of nitrogens with zero attached hydrogens (tertiary/aromatic N) is 1. The zero-order valence-electron chi connectivity index (χ0n) is 14.2. The average Bonchev–Trinajstić information content (AvgIpc) is 2.76. The van der Waals surface area contributed by atoms with Crippen LogP contribution in [0.25, 0.3) is 0 Å². The summed E-state index contributed by atoms with van der Waals surface area (Å²) in [5.41, 5.74) is 0. The molecule has 1 saturated heterocycles. The van der Waals surface area contributed by atoms with Crippen molar-refractivity contribution in [3.05, 3.63) is 12.2 Å². The summed E-state index contributed by atoms with van der Waals surface area (Å²) in [5.74, 6) is 2.63. The van der Waals surface area contributed by atoms with Crippen molar-refractivity contribution < 1.29 is 0 Å². The standard InChI is InChI=1S/C13H25N.2C2H6/c1-5-6-7-8-14-9-12(4)13(10-14)11(2)3;2*1-2/h6-7,11-13H,5,8-10H2,1-4H3;2*1-2H3/b7-6+;;/t12-,13?;;/m0../s1. The molecule has 1 heteroatoms. The van der Waals surface area contributed by atoms with E-state index in [9.17, 15) is 0 Å². The molecule has 0 amide bonds. The van der Waals surface area contributed by atoms with Crippen LogP contribution < -0.4 is 0 Å². The lowest BCUT2D eigenvalue weighted by atomic mass is 9.88. The van der Waals surface area contributed by atoms with E-state index in [1.165, 1.54) is 13.1 Å². The van der Waals surface area contributed by atoms with Gasteiger partial charge in [-0.1, -0.05) is 67.5 Å². The van der Waals surface area contributed by atoms with Crippen LogP contribution in [0.5, 0.6) is 0 Å². The summed E-state index contributed by atoms with van der Waals surface area (Å²) in [6.45, 7) is 21.0. The Bertz CT molecular complexity index is 184. The van der Waals surface area contributed by atoms with Crippen LogP contribution in [0.1, 0.15) is 61.8 Å². The van der Waals surface area contributed by atoms with Crippen molar-refractivity contribution in [1.29, 1.82) is 0 Å². The van der Waals surface area contributed by atoms with E-state index in [-0.39, 0.29) is 0 Å². The predicted octanol–water partition coefficient (Wildman–Crippen LogP) is 5.23. The van der Waals surface area contributed by atoms with Gasteiger partial charge in [-0.15, -0.1) is 0 Å². The first-order valence-electron chi connectivity index (χ1n) is 8.02. The van der Waals surface area contributed by atoms with Crippen molar-refractivity contribution in [2.24, 2.45) is 17.8 Å². The van der Waals surface area contributed by atoms with Crippen molar-refractivity contribution in [1.82, 2.24) is 4.90 Å². The molecular formula is C17H37N. The minimum atomic E-state index is 0.838. The Kier molecular flexibility index (Phi) is 14.6. The fourth-order valence-electron chi connectivity index (χ4n) is 2.50. The molecule has 1 heterocycles. The monoisotopic (exact) mass is 255 g/mol. The Balaban J connectivity index is 0. The van der Waals surface area contributed by atoms with Crippen LogP contribution in [0.2, 0.25) is 0 Å². The van der Waals surface area contributed by atoms with Gasteiger partial charge in [0.2, 0.25) is 0 Å². The molecule has 0 N–H and O–H groups in total. The van der Waals surface area contributed by atoms with Crippen LogP contribution >= 0.6 is 0 Å². The van der Waals surface area contributed by atoms with Gasteiger partial charge in [0.25, 0.3) is 0 Å². The first-order chi connectivity index (χ1) is 8.65. The van der Waals surface area contributed by atoms with E-state index in [1.807, 2.05) is 27.7 Å². The van der Waals surface area contributed by atoms with Crippen molar-refractivity contribution in [2.75, 3.05) is 19.6 Å². The zero-order chi connectivity index (χ0) is 14.6. The summed E-state index contributed by atoms with van der Waals surface area (Å²) in [6.07, 6.45) is 5.75. The summed E-state index contributed by atoms with van der Waals surface area (Å²) in [6, 6.07) is 0. The van der Waals surface area contributed by atoms with Crippen LogP contribution in [0.3, 0.4) is 0 Å². The molecule has 110 valence electrons. The molecule has 1 unspecified atom stereocenters. The maximum Gasteiger partial charge on any atom is 0.0163 e. The number of allylic oxidation sites excluding steroid dienone is 1. The molecule has 1 aliphatic heterocycles. The summed E-state index contributed by atoms with van der Waals surface area (Å²) in [4.78, 5) is 2.58. The maximum absolute atomic E-state index is 2.58. The minimum absolute atomic E-state index is 0.838. The van der Waals surface area contributed by atoms with Gasteiger partial charge in [0.05, 0.1) is 0 Å². The van der Waals surface area contributed by atoms with E-state index in [0.29, 0.717) is 0 Å². The van der Waals surface area contributed by atoms with Gasteiger partial charge in [-0.2, -0.15) is 0 Å². The third kappa shape index (κ3) is 7.92. The van der Waals surface area contributed by atoms with Crippen molar-refractivity contribution in [3.8, 4) is 0 Å². The van der Waals surface area contributed by atoms with Gasteiger partial charge in [0.1, 0.15) is 0 Å².